The van der Waals surface area contributed by atoms with Crippen molar-refractivity contribution in [2.24, 2.45) is 0 Å². The number of hydrogen-bond acceptors (Lipinski definition) is 5. The standard InChI is InChI=1S/C19H14ClFN2O2S/c20-15-7-5-13(6-8-15)19-22-11-18(26-19)17(24)9-10-23-25-12-14-3-1-2-4-16(14)21/h1-11,23H,12H2. The van der Waals surface area contributed by atoms with E-state index in [0.717, 1.165) is 10.6 Å². The minimum Gasteiger partial charge on any atom is -0.288 e. The van der Waals surface area contributed by atoms with E-state index in [9.17, 15) is 9.18 Å². The molecule has 1 N–H and O–H groups in total. The predicted molar refractivity (Wildman–Crippen MR) is 100 cm³/mol. The Balaban J connectivity index is 1.52. The van der Waals surface area contributed by atoms with E-state index in [2.05, 4.69) is 10.5 Å². The van der Waals surface area contributed by atoms with Gasteiger partial charge in [0.05, 0.1) is 4.88 Å². The van der Waals surface area contributed by atoms with Gasteiger partial charge in [0.1, 0.15) is 17.4 Å². The first kappa shape index (κ1) is 18.3. The second kappa shape index (κ2) is 8.71. The van der Waals surface area contributed by atoms with Crippen LogP contribution in [-0.2, 0) is 11.4 Å². The molecule has 0 spiro atoms. The zero-order valence-electron chi connectivity index (χ0n) is 13.5. The van der Waals surface area contributed by atoms with E-state index >= 15 is 0 Å². The molecule has 4 nitrogen and oxygen atoms in total. The number of hydrogen-bond donors (Lipinski definition) is 1. The molecule has 0 bridgehead atoms. The Kier molecular flexibility index (Phi) is 6.12. The fourth-order valence-corrected chi connectivity index (χ4v) is 3.06. The van der Waals surface area contributed by atoms with Crippen molar-refractivity contribution >= 4 is 28.7 Å². The zero-order chi connectivity index (χ0) is 18.4. The van der Waals surface area contributed by atoms with Gasteiger partial charge in [0, 0.05) is 34.6 Å². The summed E-state index contributed by atoms with van der Waals surface area (Å²) in [5.41, 5.74) is 3.83. The van der Waals surface area contributed by atoms with Gasteiger partial charge in [-0.05, 0) is 18.2 Å². The molecule has 7 heteroatoms. The van der Waals surface area contributed by atoms with E-state index in [4.69, 9.17) is 16.4 Å². The Morgan fingerprint density at radius 1 is 1.23 bits per heavy atom. The third-order valence-corrected chi connectivity index (χ3v) is 4.72. The van der Waals surface area contributed by atoms with Crippen molar-refractivity contribution in [1.82, 2.24) is 10.5 Å². The van der Waals surface area contributed by atoms with Gasteiger partial charge in [-0.2, -0.15) is 0 Å². The van der Waals surface area contributed by atoms with Crippen LogP contribution < -0.4 is 5.48 Å². The minimum absolute atomic E-state index is 0.0481. The third-order valence-electron chi connectivity index (χ3n) is 3.41. The van der Waals surface area contributed by atoms with Crippen molar-refractivity contribution in [3.05, 3.63) is 88.3 Å². The van der Waals surface area contributed by atoms with Crippen LogP contribution in [0.15, 0.2) is 67.0 Å². The highest BCUT2D eigenvalue weighted by molar-refractivity contribution is 7.17. The Hall–Kier alpha value is -2.54. The molecule has 0 amide bonds. The largest absolute Gasteiger partial charge is 0.288 e. The molecule has 3 aromatic rings. The molecule has 0 fully saturated rings. The van der Waals surface area contributed by atoms with Crippen LogP contribution in [0.3, 0.4) is 0 Å². The molecule has 0 unspecified atom stereocenters. The summed E-state index contributed by atoms with van der Waals surface area (Å²) >= 11 is 7.15. The van der Waals surface area contributed by atoms with Gasteiger partial charge in [0.2, 0.25) is 0 Å². The number of ketones is 1. The maximum Gasteiger partial charge on any atom is 0.198 e. The van der Waals surface area contributed by atoms with Gasteiger partial charge < -0.3 is 0 Å². The van der Waals surface area contributed by atoms with Crippen LogP contribution in [0.1, 0.15) is 15.2 Å². The summed E-state index contributed by atoms with van der Waals surface area (Å²) in [6.45, 7) is 0.0481. The van der Waals surface area contributed by atoms with Crippen LogP contribution in [0.25, 0.3) is 10.6 Å². The molecule has 2 aromatic carbocycles. The lowest BCUT2D eigenvalue weighted by atomic mass is 10.2. The van der Waals surface area contributed by atoms with Crippen LogP contribution in [0.2, 0.25) is 5.02 Å². The first-order chi connectivity index (χ1) is 12.6. The van der Waals surface area contributed by atoms with Gasteiger partial charge in [-0.3, -0.25) is 15.1 Å². The lowest BCUT2D eigenvalue weighted by Crippen LogP contribution is -2.08. The van der Waals surface area contributed by atoms with E-state index in [0.29, 0.717) is 15.5 Å². The molecular weight excluding hydrogens is 375 g/mol. The number of hydroxylamine groups is 1. The molecule has 0 saturated heterocycles. The Labute approximate surface area is 158 Å². The topological polar surface area (TPSA) is 51.2 Å². The number of carbonyl (C=O) groups is 1. The number of allylic oxidation sites excluding steroid dienone is 1. The summed E-state index contributed by atoms with van der Waals surface area (Å²) in [5.74, 6) is -0.543. The fraction of sp³-hybridized carbons (Fsp3) is 0.0526. The summed E-state index contributed by atoms with van der Waals surface area (Å²) in [7, 11) is 0. The normalized spacial score (nSPS) is 11.0. The van der Waals surface area contributed by atoms with Crippen molar-refractivity contribution in [1.29, 1.82) is 0 Å². The highest BCUT2D eigenvalue weighted by Crippen LogP contribution is 2.26. The quantitative estimate of drug-likeness (QED) is 0.267. The molecule has 1 heterocycles. The van der Waals surface area contributed by atoms with Crippen molar-refractivity contribution in [2.45, 2.75) is 6.61 Å². The lowest BCUT2D eigenvalue weighted by molar-refractivity contribution is 0.0554. The Bertz CT molecular complexity index is 925. The molecule has 0 saturated carbocycles. The number of benzene rings is 2. The maximum absolute atomic E-state index is 13.4. The van der Waals surface area contributed by atoms with Crippen LogP contribution in [0.4, 0.5) is 4.39 Å². The number of rotatable bonds is 7. The van der Waals surface area contributed by atoms with Crippen LogP contribution >= 0.6 is 22.9 Å². The van der Waals surface area contributed by atoms with Gasteiger partial charge in [0.25, 0.3) is 0 Å². The monoisotopic (exact) mass is 388 g/mol. The predicted octanol–water partition coefficient (Wildman–Crippen LogP) is 5.02. The summed E-state index contributed by atoms with van der Waals surface area (Å²) in [4.78, 5) is 22.0. The van der Waals surface area contributed by atoms with Gasteiger partial charge >= 0.3 is 0 Å². The second-order valence-electron chi connectivity index (χ2n) is 5.23. The zero-order valence-corrected chi connectivity index (χ0v) is 15.1. The number of carbonyl (C=O) groups excluding carboxylic acids is 1. The summed E-state index contributed by atoms with van der Waals surface area (Å²) in [5, 5.41) is 1.38. The van der Waals surface area contributed by atoms with Crippen molar-refractivity contribution in [3.8, 4) is 10.6 Å². The van der Waals surface area contributed by atoms with Crippen molar-refractivity contribution < 1.29 is 14.0 Å². The van der Waals surface area contributed by atoms with Crippen LogP contribution in [0.5, 0.6) is 0 Å². The molecule has 3 rings (SSSR count). The number of thiazole rings is 1. The van der Waals surface area contributed by atoms with E-state index in [1.165, 1.54) is 35.9 Å². The third kappa shape index (κ3) is 4.76. The van der Waals surface area contributed by atoms with Crippen molar-refractivity contribution in [3.63, 3.8) is 0 Å². The smallest absolute Gasteiger partial charge is 0.198 e. The molecule has 0 aliphatic heterocycles. The molecule has 0 aliphatic carbocycles. The maximum atomic E-state index is 13.4. The first-order valence-corrected chi connectivity index (χ1v) is 8.86. The number of nitrogens with one attached hydrogen (secondary N) is 1. The summed E-state index contributed by atoms with van der Waals surface area (Å²) < 4.78 is 13.4. The average Bonchev–Trinajstić information content (AvgIpc) is 3.13. The van der Waals surface area contributed by atoms with E-state index < -0.39 is 0 Å². The Morgan fingerprint density at radius 2 is 2.00 bits per heavy atom. The van der Waals surface area contributed by atoms with Gasteiger partial charge in [-0.25, -0.2) is 9.37 Å². The highest BCUT2D eigenvalue weighted by atomic mass is 35.5. The van der Waals surface area contributed by atoms with E-state index in [1.54, 1.807) is 30.3 Å². The molecule has 0 atom stereocenters. The Morgan fingerprint density at radius 3 is 2.77 bits per heavy atom. The molecular formula is C19H14ClFN2O2S. The van der Waals surface area contributed by atoms with E-state index in [-0.39, 0.29) is 18.2 Å². The van der Waals surface area contributed by atoms with E-state index in [1.807, 2.05) is 12.1 Å². The second-order valence-corrected chi connectivity index (χ2v) is 6.70. The van der Waals surface area contributed by atoms with Crippen LogP contribution in [0, 0.1) is 5.82 Å². The summed E-state index contributed by atoms with van der Waals surface area (Å²) in [6.07, 6.45) is 4.23. The molecule has 0 radical (unpaired) electrons. The average molecular weight is 389 g/mol. The number of halogens is 2. The number of aromatic nitrogens is 1. The number of nitrogens with zero attached hydrogens (tertiary/aromatic N) is 1. The molecule has 132 valence electrons. The lowest BCUT2D eigenvalue weighted by Gasteiger charge is -2.03. The van der Waals surface area contributed by atoms with Gasteiger partial charge in [0.15, 0.2) is 5.78 Å². The molecule has 26 heavy (non-hydrogen) atoms. The van der Waals surface area contributed by atoms with Gasteiger partial charge in [-0.15, -0.1) is 11.3 Å². The van der Waals surface area contributed by atoms with Crippen molar-refractivity contribution in [2.75, 3.05) is 0 Å². The first-order valence-electron chi connectivity index (χ1n) is 7.67. The summed E-state index contributed by atoms with van der Waals surface area (Å²) in [6, 6.07) is 13.6. The highest BCUT2D eigenvalue weighted by Gasteiger charge is 2.09. The molecule has 1 aromatic heterocycles. The van der Waals surface area contributed by atoms with Gasteiger partial charge in [-0.1, -0.05) is 41.9 Å². The SMILES string of the molecule is O=C(C=CNOCc1ccccc1F)c1cnc(-c2ccc(Cl)cc2)s1. The minimum atomic E-state index is -0.339. The van der Waals surface area contributed by atoms with Crippen LogP contribution in [-0.4, -0.2) is 10.8 Å². The molecule has 0 aliphatic rings. The fourth-order valence-electron chi connectivity index (χ4n) is 2.09.